The summed E-state index contributed by atoms with van der Waals surface area (Å²) in [6, 6.07) is 5.55. The van der Waals surface area contributed by atoms with E-state index in [1.165, 1.54) is 0 Å². The molecule has 0 atom stereocenters. The third kappa shape index (κ3) is 3.14. The first-order chi connectivity index (χ1) is 6.63. The van der Waals surface area contributed by atoms with Crippen molar-refractivity contribution in [1.29, 1.82) is 0 Å². The highest BCUT2D eigenvalue weighted by atomic mass is 79.9. The Labute approximate surface area is 92.4 Å². The molecule has 0 N–H and O–H groups in total. The predicted molar refractivity (Wildman–Crippen MR) is 59.5 cm³/mol. The average molecular weight is 257 g/mol. The van der Waals surface area contributed by atoms with Gasteiger partial charge in [-0.3, -0.25) is 0 Å². The third-order valence-electron chi connectivity index (χ3n) is 1.72. The maximum atomic E-state index is 11.5. The number of aryl methyl sites for hydroxylation is 1. The molecule has 0 saturated carbocycles. The number of esters is 1. The standard InChI is InChI=1S/C11H13BrO2/c1-3-4-14-11(13)9-5-8(2)6-10(12)7-9/h5-7H,3-4H2,1-2H3. The van der Waals surface area contributed by atoms with Crippen LogP contribution in [0.2, 0.25) is 0 Å². The van der Waals surface area contributed by atoms with Gasteiger partial charge in [0.05, 0.1) is 12.2 Å². The Balaban J connectivity index is 2.79. The second-order valence-corrected chi connectivity index (χ2v) is 4.07. The number of hydrogen-bond donors (Lipinski definition) is 0. The van der Waals surface area contributed by atoms with Gasteiger partial charge in [0.2, 0.25) is 0 Å². The van der Waals surface area contributed by atoms with Gasteiger partial charge in [-0.05, 0) is 37.1 Å². The van der Waals surface area contributed by atoms with Gasteiger partial charge >= 0.3 is 5.97 Å². The van der Waals surface area contributed by atoms with Gasteiger partial charge in [0, 0.05) is 4.47 Å². The molecule has 0 aliphatic rings. The lowest BCUT2D eigenvalue weighted by atomic mass is 10.1. The van der Waals surface area contributed by atoms with Crippen LogP contribution in [0, 0.1) is 6.92 Å². The molecule has 1 aromatic rings. The van der Waals surface area contributed by atoms with Crippen LogP contribution >= 0.6 is 15.9 Å². The molecule has 0 bridgehead atoms. The molecular weight excluding hydrogens is 244 g/mol. The first-order valence-corrected chi connectivity index (χ1v) is 5.37. The van der Waals surface area contributed by atoms with Gasteiger partial charge in [-0.1, -0.05) is 22.9 Å². The quantitative estimate of drug-likeness (QED) is 0.776. The summed E-state index contributed by atoms with van der Waals surface area (Å²) in [7, 11) is 0. The van der Waals surface area contributed by atoms with Crippen molar-refractivity contribution < 1.29 is 9.53 Å². The lowest BCUT2D eigenvalue weighted by molar-refractivity contribution is 0.0505. The SMILES string of the molecule is CCCOC(=O)c1cc(C)cc(Br)c1. The van der Waals surface area contributed by atoms with Gasteiger partial charge in [0.1, 0.15) is 0 Å². The van der Waals surface area contributed by atoms with Gasteiger partial charge in [0.25, 0.3) is 0 Å². The molecule has 0 heterocycles. The van der Waals surface area contributed by atoms with E-state index in [1.54, 1.807) is 6.07 Å². The topological polar surface area (TPSA) is 26.3 Å². The monoisotopic (exact) mass is 256 g/mol. The summed E-state index contributed by atoms with van der Waals surface area (Å²) in [4.78, 5) is 11.5. The molecule has 2 nitrogen and oxygen atoms in total. The van der Waals surface area contributed by atoms with Crippen LogP contribution in [0.5, 0.6) is 0 Å². The van der Waals surface area contributed by atoms with E-state index >= 15 is 0 Å². The van der Waals surface area contributed by atoms with Gasteiger partial charge in [0.15, 0.2) is 0 Å². The van der Waals surface area contributed by atoms with Crippen LogP contribution in [0.4, 0.5) is 0 Å². The number of hydrogen-bond acceptors (Lipinski definition) is 2. The highest BCUT2D eigenvalue weighted by Crippen LogP contribution is 2.16. The second-order valence-electron chi connectivity index (χ2n) is 3.15. The molecule has 0 fully saturated rings. The van der Waals surface area contributed by atoms with Crippen molar-refractivity contribution in [2.75, 3.05) is 6.61 Å². The summed E-state index contributed by atoms with van der Waals surface area (Å²) in [6.07, 6.45) is 0.846. The summed E-state index contributed by atoms with van der Waals surface area (Å²) in [5.41, 5.74) is 1.65. The molecular formula is C11H13BrO2. The van der Waals surface area contributed by atoms with Crippen LogP contribution in [0.15, 0.2) is 22.7 Å². The number of halogens is 1. The smallest absolute Gasteiger partial charge is 0.338 e. The van der Waals surface area contributed by atoms with Gasteiger partial charge < -0.3 is 4.74 Å². The number of ether oxygens (including phenoxy) is 1. The molecule has 0 unspecified atom stereocenters. The van der Waals surface area contributed by atoms with Crippen LogP contribution in [-0.4, -0.2) is 12.6 Å². The maximum Gasteiger partial charge on any atom is 0.338 e. The average Bonchev–Trinajstić information content (AvgIpc) is 2.12. The number of rotatable bonds is 3. The minimum Gasteiger partial charge on any atom is -0.462 e. The zero-order valence-corrected chi connectivity index (χ0v) is 9.93. The lowest BCUT2D eigenvalue weighted by Gasteiger charge is -2.04. The number of carbonyl (C=O) groups excluding carboxylic acids is 1. The van der Waals surface area contributed by atoms with Crippen LogP contribution < -0.4 is 0 Å². The fourth-order valence-electron chi connectivity index (χ4n) is 1.13. The van der Waals surface area contributed by atoms with Crippen LogP contribution in [-0.2, 0) is 4.74 Å². The van der Waals surface area contributed by atoms with E-state index in [4.69, 9.17) is 4.74 Å². The zero-order valence-electron chi connectivity index (χ0n) is 8.34. The van der Waals surface area contributed by atoms with Crippen LogP contribution in [0.3, 0.4) is 0 Å². The van der Waals surface area contributed by atoms with Crippen molar-refractivity contribution in [1.82, 2.24) is 0 Å². The Morgan fingerprint density at radius 3 is 2.71 bits per heavy atom. The number of benzene rings is 1. The van der Waals surface area contributed by atoms with Crippen LogP contribution in [0.1, 0.15) is 29.3 Å². The van der Waals surface area contributed by atoms with Crippen molar-refractivity contribution in [2.45, 2.75) is 20.3 Å². The Kier molecular flexibility index (Phi) is 4.14. The first-order valence-electron chi connectivity index (χ1n) is 4.58. The summed E-state index contributed by atoms with van der Waals surface area (Å²) < 4.78 is 5.93. The highest BCUT2D eigenvalue weighted by Gasteiger charge is 2.07. The Morgan fingerprint density at radius 2 is 2.14 bits per heavy atom. The molecule has 3 heteroatoms. The molecule has 0 aliphatic heterocycles. The minimum absolute atomic E-state index is 0.253. The normalized spacial score (nSPS) is 9.93. The molecule has 0 aliphatic carbocycles. The Bertz CT molecular complexity index is 314. The molecule has 1 aromatic carbocycles. The molecule has 14 heavy (non-hydrogen) atoms. The van der Waals surface area contributed by atoms with E-state index in [1.807, 2.05) is 26.0 Å². The summed E-state index contributed by atoms with van der Waals surface area (Å²) in [5.74, 6) is -0.253. The molecule has 0 spiro atoms. The van der Waals surface area contributed by atoms with E-state index in [-0.39, 0.29) is 5.97 Å². The van der Waals surface area contributed by atoms with E-state index < -0.39 is 0 Å². The molecule has 0 aromatic heterocycles. The van der Waals surface area contributed by atoms with E-state index in [9.17, 15) is 4.79 Å². The molecule has 0 radical (unpaired) electrons. The zero-order chi connectivity index (χ0) is 10.6. The maximum absolute atomic E-state index is 11.5. The molecule has 1 rings (SSSR count). The fraction of sp³-hybridized carbons (Fsp3) is 0.364. The van der Waals surface area contributed by atoms with Crippen molar-refractivity contribution in [3.63, 3.8) is 0 Å². The van der Waals surface area contributed by atoms with E-state index in [0.717, 1.165) is 16.5 Å². The van der Waals surface area contributed by atoms with Crippen molar-refractivity contribution in [3.05, 3.63) is 33.8 Å². The largest absolute Gasteiger partial charge is 0.462 e. The van der Waals surface area contributed by atoms with Crippen molar-refractivity contribution in [3.8, 4) is 0 Å². The van der Waals surface area contributed by atoms with E-state index in [0.29, 0.717) is 12.2 Å². The Hall–Kier alpha value is -0.830. The van der Waals surface area contributed by atoms with Crippen molar-refractivity contribution in [2.24, 2.45) is 0 Å². The van der Waals surface area contributed by atoms with Crippen LogP contribution in [0.25, 0.3) is 0 Å². The lowest BCUT2D eigenvalue weighted by Crippen LogP contribution is -2.06. The predicted octanol–water partition coefficient (Wildman–Crippen LogP) is 3.32. The van der Waals surface area contributed by atoms with Crippen molar-refractivity contribution >= 4 is 21.9 Å². The summed E-state index contributed by atoms with van der Waals surface area (Å²) >= 11 is 3.34. The minimum atomic E-state index is -0.253. The Morgan fingerprint density at radius 1 is 1.43 bits per heavy atom. The number of carbonyl (C=O) groups is 1. The second kappa shape index (κ2) is 5.15. The van der Waals surface area contributed by atoms with Gasteiger partial charge in [-0.2, -0.15) is 0 Å². The van der Waals surface area contributed by atoms with Gasteiger partial charge in [-0.25, -0.2) is 4.79 Å². The third-order valence-corrected chi connectivity index (χ3v) is 2.17. The van der Waals surface area contributed by atoms with Gasteiger partial charge in [-0.15, -0.1) is 0 Å². The molecule has 0 amide bonds. The molecule has 76 valence electrons. The first kappa shape index (κ1) is 11.2. The van der Waals surface area contributed by atoms with E-state index in [2.05, 4.69) is 15.9 Å². The summed E-state index contributed by atoms with van der Waals surface area (Å²) in [5, 5.41) is 0. The summed E-state index contributed by atoms with van der Waals surface area (Å²) in [6.45, 7) is 4.39. The molecule has 0 saturated heterocycles. The fourth-order valence-corrected chi connectivity index (χ4v) is 1.74. The highest BCUT2D eigenvalue weighted by molar-refractivity contribution is 9.10.